The van der Waals surface area contributed by atoms with Gasteiger partial charge in [0.15, 0.2) is 0 Å². The first-order valence-corrected chi connectivity index (χ1v) is 6.86. The Morgan fingerprint density at radius 2 is 1.70 bits per heavy atom. The van der Waals surface area contributed by atoms with Crippen LogP contribution in [-0.2, 0) is 4.79 Å². The Morgan fingerprint density at radius 1 is 1.10 bits per heavy atom. The van der Waals surface area contributed by atoms with Crippen LogP contribution < -0.4 is 0 Å². The minimum atomic E-state index is -0.0995. The van der Waals surface area contributed by atoms with E-state index in [1.165, 1.54) is 12.1 Å². The van der Waals surface area contributed by atoms with Crippen LogP contribution in [0.4, 0.5) is 0 Å². The molecule has 0 unspecified atom stereocenters. The second kappa shape index (κ2) is 5.94. The molecule has 108 valence electrons. The highest BCUT2D eigenvalue weighted by Gasteiger charge is 2.25. The van der Waals surface area contributed by atoms with Crippen molar-refractivity contribution in [3.05, 3.63) is 29.8 Å². The van der Waals surface area contributed by atoms with Crippen molar-refractivity contribution in [1.29, 1.82) is 0 Å². The molecule has 0 aromatic heterocycles. The van der Waals surface area contributed by atoms with Crippen molar-refractivity contribution in [3.63, 3.8) is 0 Å². The van der Waals surface area contributed by atoms with E-state index in [4.69, 9.17) is 0 Å². The van der Waals surface area contributed by atoms with Gasteiger partial charge in [0.05, 0.1) is 0 Å². The fraction of sp³-hybridized carbons (Fsp3) is 0.467. The number of rotatable bonds is 2. The Labute approximate surface area is 118 Å². The zero-order valence-corrected chi connectivity index (χ0v) is 11.9. The van der Waals surface area contributed by atoms with Gasteiger partial charge in [0.2, 0.25) is 5.91 Å². The SMILES string of the molecule is CC(C)C(=O)N1CCN(C(=O)c2cccc(O)c2)CC1. The van der Waals surface area contributed by atoms with Gasteiger partial charge in [-0.3, -0.25) is 9.59 Å². The van der Waals surface area contributed by atoms with Gasteiger partial charge >= 0.3 is 0 Å². The third-order valence-corrected chi connectivity index (χ3v) is 3.47. The third kappa shape index (κ3) is 3.10. The molecular formula is C15H20N2O3. The van der Waals surface area contributed by atoms with Crippen molar-refractivity contribution in [2.75, 3.05) is 26.2 Å². The van der Waals surface area contributed by atoms with E-state index in [1.807, 2.05) is 13.8 Å². The molecule has 2 rings (SSSR count). The van der Waals surface area contributed by atoms with Crippen LogP contribution in [0.15, 0.2) is 24.3 Å². The number of piperazine rings is 1. The van der Waals surface area contributed by atoms with Crippen LogP contribution in [0.2, 0.25) is 0 Å². The molecule has 1 aliphatic rings. The van der Waals surface area contributed by atoms with Crippen LogP contribution in [-0.4, -0.2) is 52.9 Å². The molecule has 1 N–H and O–H groups in total. The Kier molecular flexibility index (Phi) is 4.27. The zero-order valence-electron chi connectivity index (χ0n) is 11.9. The Hall–Kier alpha value is -2.04. The van der Waals surface area contributed by atoms with E-state index in [-0.39, 0.29) is 23.5 Å². The normalized spacial score (nSPS) is 15.6. The summed E-state index contributed by atoms with van der Waals surface area (Å²) in [6, 6.07) is 6.35. The summed E-state index contributed by atoms with van der Waals surface area (Å²) in [4.78, 5) is 27.7. The summed E-state index contributed by atoms with van der Waals surface area (Å²) in [7, 11) is 0. The molecule has 1 aromatic rings. The second-order valence-corrected chi connectivity index (χ2v) is 5.32. The summed E-state index contributed by atoms with van der Waals surface area (Å²) in [6.07, 6.45) is 0. The Bertz CT molecular complexity index is 506. The maximum atomic E-state index is 12.3. The highest BCUT2D eigenvalue weighted by Crippen LogP contribution is 2.15. The first-order valence-electron chi connectivity index (χ1n) is 6.86. The lowest BCUT2D eigenvalue weighted by Crippen LogP contribution is -2.51. The van der Waals surface area contributed by atoms with Gasteiger partial charge in [-0.25, -0.2) is 0 Å². The van der Waals surface area contributed by atoms with Gasteiger partial charge in [0, 0.05) is 37.7 Å². The van der Waals surface area contributed by atoms with Gasteiger partial charge in [0.25, 0.3) is 5.91 Å². The van der Waals surface area contributed by atoms with Crippen molar-refractivity contribution in [1.82, 2.24) is 9.80 Å². The first-order chi connectivity index (χ1) is 9.49. The number of carbonyl (C=O) groups is 2. The molecule has 1 saturated heterocycles. The van der Waals surface area contributed by atoms with Crippen LogP contribution >= 0.6 is 0 Å². The smallest absolute Gasteiger partial charge is 0.254 e. The number of phenolic OH excluding ortho intramolecular Hbond substituents is 1. The molecule has 1 fully saturated rings. The van der Waals surface area contributed by atoms with E-state index in [2.05, 4.69) is 0 Å². The highest BCUT2D eigenvalue weighted by atomic mass is 16.3. The van der Waals surface area contributed by atoms with E-state index in [1.54, 1.807) is 21.9 Å². The zero-order chi connectivity index (χ0) is 14.7. The van der Waals surface area contributed by atoms with Crippen molar-refractivity contribution in [2.45, 2.75) is 13.8 Å². The predicted molar refractivity (Wildman–Crippen MR) is 75.4 cm³/mol. The lowest BCUT2D eigenvalue weighted by atomic mass is 10.1. The molecule has 5 nitrogen and oxygen atoms in total. The first kappa shape index (κ1) is 14.4. The summed E-state index contributed by atoms with van der Waals surface area (Å²) in [5.41, 5.74) is 0.480. The van der Waals surface area contributed by atoms with E-state index in [0.29, 0.717) is 31.7 Å². The fourth-order valence-electron chi connectivity index (χ4n) is 2.32. The van der Waals surface area contributed by atoms with Crippen LogP contribution in [0, 0.1) is 5.92 Å². The quantitative estimate of drug-likeness (QED) is 0.886. The minimum absolute atomic E-state index is 0.0108. The minimum Gasteiger partial charge on any atom is -0.508 e. The standard InChI is InChI=1S/C15H20N2O3/c1-11(2)14(19)16-6-8-17(9-7-16)15(20)12-4-3-5-13(18)10-12/h3-5,10-11,18H,6-9H2,1-2H3. The van der Waals surface area contributed by atoms with Gasteiger partial charge in [-0.1, -0.05) is 19.9 Å². The summed E-state index contributed by atoms with van der Waals surface area (Å²) >= 11 is 0. The Morgan fingerprint density at radius 3 is 2.25 bits per heavy atom. The Balaban J connectivity index is 1.97. The predicted octanol–water partition coefficient (Wildman–Crippen LogP) is 1.33. The van der Waals surface area contributed by atoms with Gasteiger partial charge in [-0.05, 0) is 18.2 Å². The van der Waals surface area contributed by atoms with Gasteiger partial charge in [-0.2, -0.15) is 0 Å². The van der Waals surface area contributed by atoms with Crippen molar-refractivity contribution in [2.24, 2.45) is 5.92 Å². The molecule has 1 aromatic carbocycles. The molecule has 0 atom stereocenters. The number of carbonyl (C=O) groups excluding carboxylic acids is 2. The van der Waals surface area contributed by atoms with Crippen molar-refractivity contribution < 1.29 is 14.7 Å². The average molecular weight is 276 g/mol. The maximum absolute atomic E-state index is 12.3. The van der Waals surface area contributed by atoms with E-state index < -0.39 is 0 Å². The molecule has 20 heavy (non-hydrogen) atoms. The van der Waals surface area contributed by atoms with E-state index >= 15 is 0 Å². The number of hydrogen-bond donors (Lipinski definition) is 1. The fourth-order valence-corrected chi connectivity index (χ4v) is 2.32. The summed E-state index contributed by atoms with van der Waals surface area (Å²) in [5.74, 6) is 0.111. The van der Waals surface area contributed by atoms with Crippen LogP contribution in [0.1, 0.15) is 24.2 Å². The maximum Gasteiger partial charge on any atom is 0.254 e. The van der Waals surface area contributed by atoms with Gasteiger partial charge in [-0.15, -0.1) is 0 Å². The molecule has 0 spiro atoms. The largest absolute Gasteiger partial charge is 0.508 e. The number of benzene rings is 1. The summed E-state index contributed by atoms with van der Waals surface area (Å²) < 4.78 is 0. The number of aromatic hydroxyl groups is 1. The van der Waals surface area contributed by atoms with Crippen LogP contribution in [0.25, 0.3) is 0 Å². The highest BCUT2D eigenvalue weighted by molar-refractivity contribution is 5.94. The summed E-state index contributed by atoms with van der Waals surface area (Å²) in [6.45, 7) is 5.97. The number of nitrogens with zero attached hydrogens (tertiary/aromatic N) is 2. The topological polar surface area (TPSA) is 60.9 Å². The van der Waals surface area contributed by atoms with E-state index in [9.17, 15) is 14.7 Å². The number of hydrogen-bond acceptors (Lipinski definition) is 3. The molecule has 5 heteroatoms. The lowest BCUT2D eigenvalue weighted by Gasteiger charge is -2.35. The van der Waals surface area contributed by atoms with E-state index in [0.717, 1.165) is 0 Å². The van der Waals surface area contributed by atoms with Crippen LogP contribution in [0.5, 0.6) is 5.75 Å². The van der Waals surface area contributed by atoms with Crippen molar-refractivity contribution in [3.8, 4) is 5.75 Å². The molecule has 0 aliphatic carbocycles. The van der Waals surface area contributed by atoms with Crippen LogP contribution in [0.3, 0.4) is 0 Å². The molecule has 0 saturated carbocycles. The summed E-state index contributed by atoms with van der Waals surface area (Å²) in [5, 5.41) is 9.41. The monoisotopic (exact) mass is 276 g/mol. The number of phenols is 1. The molecule has 0 bridgehead atoms. The number of amides is 2. The van der Waals surface area contributed by atoms with Gasteiger partial charge in [0.1, 0.15) is 5.75 Å². The van der Waals surface area contributed by atoms with Gasteiger partial charge < -0.3 is 14.9 Å². The molecule has 1 heterocycles. The molecular weight excluding hydrogens is 256 g/mol. The average Bonchev–Trinajstić information content (AvgIpc) is 2.46. The third-order valence-electron chi connectivity index (χ3n) is 3.47. The molecule has 0 radical (unpaired) electrons. The van der Waals surface area contributed by atoms with Crippen molar-refractivity contribution >= 4 is 11.8 Å². The molecule has 2 amide bonds. The molecule has 1 aliphatic heterocycles. The second-order valence-electron chi connectivity index (χ2n) is 5.32. The lowest BCUT2D eigenvalue weighted by molar-refractivity contribution is -0.135.